The molecule has 0 fully saturated rings. The predicted octanol–water partition coefficient (Wildman–Crippen LogP) is -0.534. The number of hydrogen-bond donors (Lipinski definition) is 3. The first kappa shape index (κ1) is 11.4. The summed E-state index contributed by atoms with van der Waals surface area (Å²) >= 11 is 0. The van der Waals surface area contributed by atoms with Crippen LogP contribution >= 0.6 is 0 Å². The smallest absolute Gasteiger partial charge is 0.315 e. The Morgan fingerprint density at radius 1 is 1.53 bits per heavy atom. The molecule has 0 unspecified atom stereocenters. The summed E-state index contributed by atoms with van der Waals surface area (Å²) in [5.41, 5.74) is 5.29. The second-order valence-electron chi connectivity index (χ2n) is 2.84. The standard InChI is InChI=1S/C8H15N5O2/c1-2-10-6(14)3-4-11-8-13-12-7(5-9)15-8/h2-5,9H2,1H3,(H,10,14)(H,11,13). The lowest BCUT2D eigenvalue weighted by molar-refractivity contribution is -0.120. The highest BCUT2D eigenvalue weighted by atomic mass is 16.4. The Balaban J connectivity index is 2.22. The molecule has 0 aliphatic carbocycles. The Morgan fingerprint density at radius 2 is 2.33 bits per heavy atom. The summed E-state index contributed by atoms with van der Waals surface area (Å²) < 4.78 is 5.08. The highest BCUT2D eigenvalue weighted by Crippen LogP contribution is 2.03. The van der Waals surface area contributed by atoms with Crippen LogP contribution in [0.1, 0.15) is 19.2 Å². The van der Waals surface area contributed by atoms with Crippen LogP contribution in [0.5, 0.6) is 0 Å². The second kappa shape index (κ2) is 5.97. The molecule has 0 atom stereocenters. The van der Waals surface area contributed by atoms with Crippen LogP contribution < -0.4 is 16.4 Å². The van der Waals surface area contributed by atoms with Gasteiger partial charge in [-0.25, -0.2) is 0 Å². The molecule has 0 aliphatic heterocycles. The maximum Gasteiger partial charge on any atom is 0.315 e. The Morgan fingerprint density at radius 3 is 2.93 bits per heavy atom. The molecular formula is C8H15N5O2. The highest BCUT2D eigenvalue weighted by molar-refractivity contribution is 5.76. The molecule has 0 saturated heterocycles. The van der Waals surface area contributed by atoms with E-state index < -0.39 is 0 Å². The van der Waals surface area contributed by atoms with Crippen LogP contribution in [0, 0.1) is 0 Å². The van der Waals surface area contributed by atoms with Gasteiger partial charge in [-0.3, -0.25) is 4.79 Å². The third-order valence-electron chi connectivity index (χ3n) is 1.64. The lowest BCUT2D eigenvalue weighted by atomic mass is 10.4. The number of amides is 1. The molecule has 1 heterocycles. The normalized spacial score (nSPS) is 10.0. The first-order valence-electron chi connectivity index (χ1n) is 4.79. The summed E-state index contributed by atoms with van der Waals surface area (Å²) in [6.07, 6.45) is 0.369. The summed E-state index contributed by atoms with van der Waals surface area (Å²) in [7, 11) is 0. The van der Waals surface area contributed by atoms with Crippen molar-refractivity contribution in [3.63, 3.8) is 0 Å². The van der Waals surface area contributed by atoms with Crippen LogP contribution in [0.15, 0.2) is 4.42 Å². The Kier molecular flexibility index (Phi) is 4.55. The van der Waals surface area contributed by atoms with Crippen molar-refractivity contribution in [3.05, 3.63) is 5.89 Å². The highest BCUT2D eigenvalue weighted by Gasteiger charge is 2.04. The van der Waals surface area contributed by atoms with Gasteiger partial charge in [0.2, 0.25) is 11.8 Å². The zero-order valence-corrected chi connectivity index (χ0v) is 8.62. The molecule has 1 aromatic heterocycles. The summed E-state index contributed by atoms with van der Waals surface area (Å²) in [4.78, 5) is 11.1. The number of nitrogens with zero attached hydrogens (tertiary/aromatic N) is 2. The fraction of sp³-hybridized carbons (Fsp3) is 0.625. The largest absolute Gasteiger partial charge is 0.407 e. The van der Waals surface area contributed by atoms with Gasteiger partial charge < -0.3 is 20.8 Å². The van der Waals surface area contributed by atoms with Gasteiger partial charge in [0.25, 0.3) is 0 Å². The van der Waals surface area contributed by atoms with Gasteiger partial charge in [-0.1, -0.05) is 5.10 Å². The molecule has 0 radical (unpaired) electrons. The van der Waals surface area contributed by atoms with E-state index in [1.165, 1.54) is 0 Å². The number of nitrogens with two attached hydrogens (primary N) is 1. The van der Waals surface area contributed by atoms with Gasteiger partial charge in [0.1, 0.15) is 0 Å². The Hall–Kier alpha value is -1.63. The predicted molar refractivity (Wildman–Crippen MR) is 54.0 cm³/mol. The third kappa shape index (κ3) is 3.94. The van der Waals surface area contributed by atoms with Crippen molar-refractivity contribution >= 4 is 11.9 Å². The summed E-state index contributed by atoms with van der Waals surface area (Å²) in [5.74, 6) is 0.360. The van der Waals surface area contributed by atoms with Crippen molar-refractivity contribution in [3.8, 4) is 0 Å². The van der Waals surface area contributed by atoms with Gasteiger partial charge in [-0.15, -0.1) is 5.10 Å². The lowest BCUT2D eigenvalue weighted by Gasteiger charge is -2.01. The first-order chi connectivity index (χ1) is 7.26. The maximum atomic E-state index is 11.1. The van der Waals surface area contributed by atoms with Gasteiger partial charge in [0.15, 0.2) is 0 Å². The molecule has 1 amide bonds. The first-order valence-corrected chi connectivity index (χ1v) is 4.79. The number of nitrogens with one attached hydrogen (secondary N) is 2. The van der Waals surface area contributed by atoms with E-state index in [1.807, 2.05) is 6.92 Å². The fourth-order valence-electron chi connectivity index (χ4n) is 0.976. The van der Waals surface area contributed by atoms with Crippen molar-refractivity contribution in [2.24, 2.45) is 5.73 Å². The van der Waals surface area contributed by atoms with Gasteiger partial charge in [0, 0.05) is 19.5 Å². The average Bonchev–Trinajstić information content (AvgIpc) is 2.66. The van der Waals surface area contributed by atoms with E-state index in [1.54, 1.807) is 0 Å². The van der Waals surface area contributed by atoms with Crippen molar-refractivity contribution in [2.75, 3.05) is 18.4 Å². The zero-order valence-electron chi connectivity index (χ0n) is 8.62. The average molecular weight is 213 g/mol. The SMILES string of the molecule is CCNC(=O)CCNc1nnc(CN)o1. The van der Waals surface area contributed by atoms with Crippen LogP contribution in [0.3, 0.4) is 0 Å². The summed E-state index contributed by atoms with van der Waals surface area (Å²) in [6, 6.07) is 0.291. The van der Waals surface area contributed by atoms with E-state index >= 15 is 0 Å². The van der Waals surface area contributed by atoms with Gasteiger partial charge in [-0.05, 0) is 6.92 Å². The molecule has 7 nitrogen and oxygen atoms in total. The van der Waals surface area contributed by atoms with E-state index in [4.69, 9.17) is 10.2 Å². The summed E-state index contributed by atoms with van der Waals surface area (Å²) in [5, 5.41) is 12.9. The quantitative estimate of drug-likeness (QED) is 0.586. The van der Waals surface area contributed by atoms with E-state index in [0.29, 0.717) is 31.4 Å². The van der Waals surface area contributed by atoms with Crippen molar-refractivity contribution in [1.29, 1.82) is 0 Å². The number of anilines is 1. The van der Waals surface area contributed by atoms with Gasteiger partial charge >= 0.3 is 6.01 Å². The molecule has 0 saturated carbocycles. The molecule has 4 N–H and O–H groups in total. The Bertz CT molecular complexity index is 312. The molecule has 0 aliphatic rings. The van der Waals surface area contributed by atoms with E-state index in [2.05, 4.69) is 20.8 Å². The number of carbonyl (C=O) groups excluding carboxylic acids is 1. The minimum Gasteiger partial charge on any atom is -0.407 e. The van der Waals surface area contributed by atoms with Crippen LogP contribution in [0.4, 0.5) is 6.01 Å². The topological polar surface area (TPSA) is 106 Å². The molecule has 15 heavy (non-hydrogen) atoms. The van der Waals surface area contributed by atoms with Crippen LogP contribution in [-0.4, -0.2) is 29.2 Å². The van der Waals surface area contributed by atoms with Gasteiger partial charge in [-0.2, -0.15) is 0 Å². The Labute approximate surface area is 87.4 Å². The minimum atomic E-state index is -0.0106. The number of aromatic nitrogens is 2. The number of hydrogen-bond acceptors (Lipinski definition) is 6. The molecule has 0 aromatic carbocycles. The van der Waals surface area contributed by atoms with Crippen molar-refractivity contribution in [1.82, 2.24) is 15.5 Å². The zero-order chi connectivity index (χ0) is 11.1. The fourth-order valence-corrected chi connectivity index (χ4v) is 0.976. The molecule has 84 valence electrons. The van der Waals surface area contributed by atoms with E-state index in [9.17, 15) is 4.79 Å². The second-order valence-corrected chi connectivity index (χ2v) is 2.84. The van der Waals surface area contributed by atoms with E-state index in [-0.39, 0.29) is 12.5 Å². The number of rotatable bonds is 6. The van der Waals surface area contributed by atoms with E-state index in [0.717, 1.165) is 0 Å². The lowest BCUT2D eigenvalue weighted by Crippen LogP contribution is -2.24. The minimum absolute atomic E-state index is 0.0106. The molecular weight excluding hydrogens is 198 g/mol. The molecule has 0 bridgehead atoms. The van der Waals surface area contributed by atoms with Crippen LogP contribution in [0.25, 0.3) is 0 Å². The van der Waals surface area contributed by atoms with Crippen LogP contribution in [0.2, 0.25) is 0 Å². The molecule has 0 spiro atoms. The van der Waals surface area contributed by atoms with Gasteiger partial charge in [0.05, 0.1) is 6.54 Å². The molecule has 1 rings (SSSR count). The summed E-state index contributed by atoms with van der Waals surface area (Å²) in [6.45, 7) is 3.18. The van der Waals surface area contributed by atoms with Crippen molar-refractivity contribution in [2.45, 2.75) is 19.9 Å². The monoisotopic (exact) mass is 213 g/mol. The maximum absolute atomic E-state index is 11.1. The third-order valence-corrected chi connectivity index (χ3v) is 1.64. The molecule has 1 aromatic rings. The molecule has 7 heteroatoms. The number of carbonyl (C=O) groups is 1. The van der Waals surface area contributed by atoms with Crippen molar-refractivity contribution < 1.29 is 9.21 Å². The van der Waals surface area contributed by atoms with Crippen LogP contribution in [-0.2, 0) is 11.3 Å².